The van der Waals surface area contributed by atoms with Gasteiger partial charge in [-0.15, -0.1) is 0 Å². The molecule has 1 heteroatoms. The Bertz CT molecular complexity index is 112. The van der Waals surface area contributed by atoms with Crippen molar-refractivity contribution in [2.45, 2.75) is 64.2 Å². The molecule has 1 fully saturated rings. The molecule has 1 aliphatic carbocycles. The molecule has 0 unspecified atom stereocenters. The molecule has 1 rings (SSSR count). The zero-order valence-electron chi connectivity index (χ0n) is 9.76. The van der Waals surface area contributed by atoms with Crippen molar-refractivity contribution in [1.29, 1.82) is 0 Å². The summed E-state index contributed by atoms with van der Waals surface area (Å²) < 4.78 is 0. The molecular weight excluding hydrogens is 188 g/mol. The van der Waals surface area contributed by atoms with Gasteiger partial charge in [0.15, 0.2) is 0 Å². The van der Waals surface area contributed by atoms with Crippen molar-refractivity contribution in [1.82, 2.24) is 0 Å². The predicted octanol–water partition coefficient (Wildman–Crippen LogP) is 4.88. The van der Waals surface area contributed by atoms with Crippen LogP contribution in [0.15, 0.2) is 0 Å². The Balaban J connectivity index is 2.16. The topological polar surface area (TPSA) is 0 Å². The van der Waals surface area contributed by atoms with Crippen molar-refractivity contribution in [2.75, 3.05) is 12.0 Å². The highest BCUT2D eigenvalue weighted by Gasteiger charge is 2.09. The zero-order chi connectivity index (χ0) is 10.1. The van der Waals surface area contributed by atoms with Crippen molar-refractivity contribution >= 4 is 11.8 Å². The highest BCUT2D eigenvalue weighted by molar-refractivity contribution is 7.98. The SMILES string of the molecule is CSCCC1CCCCCCCCC1. The van der Waals surface area contributed by atoms with Crippen molar-refractivity contribution in [3.05, 3.63) is 0 Å². The van der Waals surface area contributed by atoms with Crippen LogP contribution in [-0.4, -0.2) is 12.0 Å². The first kappa shape index (κ1) is 12.4. The van der Waals surface area contributed by atoms with Crippen LogP contribution in [0.4, 0.5) is 0 Å². The first-order chi connectivity index (χ1) is 6.93. The monoisotopic (exact) mass is 214 g/mol. The average Bonchev–Trinajstić information content (AvgIpc) is 2.23. The molecule has 0 aromatic rings. The first-order valence-electron chi connectivity index (χ1n) is 6.42. The first-order valence-corrected chi connectivity index (χ1v) is 7.82. The molecule has 0 bridgehead atoms. The minimum absolute atomic E-state index is 1.06. The van der Waals surface area contributed by atoms with Gasteiger partial charge in [-0.05, 0) is 24.3 Å². The van der Waals surface area contributed by atoms with Gasteiger partial charge < -0.3 is 0 Å². The van der Waals surface area contributed by atoms with E-state index in [0.717, 1.165) is 5.92 Å². The second kappa shape index (κ2) is 8.64. The van der Waals surface area contributed by atoms with Crippen LogP contribution in [0.3, 0.4) is 0 Å². The molecule has 0 aliphatic heterocycles. The summed E-state index contributed by atoms with van der Waals surface area (Å²) in [4.78, 5) is 0. The lowest BCUT2D eigenvalue weighted by molar-refractivity contribution is 0.382. The van der Waals surface area contributed by atoms with Crippen LogP contribution in [0, 0.1) is 5.92 Å². The van der Waals surface area contributed by atoms with Crippen molar-refractivity contribution in [3.63, 3.8) is 0 Å². The number of thioether (sulfide) groups is 1. The molecule has 0 spiro atoms. The Morgan fingerprint density at radius 2 is 1.36 bits per heavy atom. The van der Waals surface area contributed by atoms with Gasteiger partial charge in [-0.1, -0.05) is 57.8 Å². The number of rotatable bonds is 3. The molecule has 0 atom stereocenters. The van der Waals surface area contributed by atoms with Gasteiger partial charge in [0.1, 0.15) is 0 Å². The molecule has 0 nitrogen and oxygen atoms in total. The average molecular weight is 214 g/mol. The molecule has 0 heterocycles. The fourth-order valence-electron chi connectivity index (χ4n) is 2.47. The Morgan fingerprint density at radius 3 is 1.86 bits per heavy atom. The summed E-state index contributed by atoms with van der Waals surface area (Å²) in [7, 11) is 0. The largest absolute Gasteiger partial charge is 0.165 e. The van der Waals surface area contributed by atoms with Gasteiger partial charge in [0.25, 0.3) is 0 Å². The molecule has 0 amide bonds. The van der Waals surface area contributed by atoms with Crippen LogP contribution in [0.1, 0.15) is 64.2 Å². The summed E-state index contributed by atoms with van der Waals surface area (Å²) in [5.41, 5.74) is 0. The lowest BCUT2D eigenvalue weighted by atomic mass is 9.90. The molecule has 0 aromatic heterocycles. The van der Waals surface area contributed by atoms with Crippen LogP contribution in [0.5, 0.6) is 0 Å². The van der Waals surface area contributed by atoms with E-state index < -0.39 is 0 Å². The van der Waals surface area contributed by atoms with Crippen LogP contribution in [0.25, 0.3) is 0 Å². The highest BCUT2D eigenvalue weighted by Crippen LogP contribution is 2.24. The number of hydrogen-bond acceptors (Lipinski definition) is 1. The number of hydrogen-bond donors (Lipinski definition) is 0. The maximum atomic E-state index is 2.24. The summed E-state index contributed by atoms with van der Waals surface area (Å²) in [5.74, 6) is 2.44. The molecule has 0 radical (unpaired) electrons. The van der Waals surface area contributed by atoms with Gasteiger partial charge in [-0.25, -0.2) is 0 Å². The van der Waals surface area contributed by atoms with Crippen molar-refractivity contribution in [3.8, 4) is 0 Å². The normalized spacial score (nSPS) is 22.1. The second-order valence-electron chi connectivity index (χ2n) is 4.70. The smallest absolute Gasteiger partial charge is 0.00677 e. The van der Waals surface area contributed by atoms with E-state index in [4.69, 9.17) is 0 Å². The summed E-state index contributed by atoms with van der Waals surface area (Å²) in [6.07, 6.45) is 17.2. The van der Waals surface area contributed by atoms with E-state index in [1.807, 2.05) is 11.8 Å². The quantitative estimate of drug-likeness (QED) is 0.645. The van der Waals surface area contributed by atoms with E-state index >= 15 is 0 Å². The van der Waals surface area contributed by atoms with E-state index in [9.17, 15) is 0 Å². The van der Waals surface area contributed by atoms with Crippen LogP contribution >= 0.6 is 11.8 Å². The van der Waals surface area contributed by atoms with Crippen molar-refractivity contribution in [2.24, 2.45) is 5.92 Å². The van der Waals surface area contributed by atoms with Gasteiger partial charge in [-0.2, -0.15) is 11.8 Å². The van der Waals surface area contributed by atoms with Crippen LogP contribution in [0.2, 0.25) is 0 Å². The second-order valence-corrected chi connectivity index (χ2v) is 5.69. The Kier molecular flexibility index (Phi) is 7.67. The molecule has 0 aromatic carbocycles. The van der Waals surface area contributed by atoms with Crippen LogP contribution < -0.4 is 0 Å². The Morgan fingerprint density at radius 1 is 0.857 bits per heavy atom. The van der Waals surface area contributed by atoms with Gasteiger partial charge in [0, 0.05) is 0 Å². The van der Waals surface area contributed by atoms with Gasteiger partial charge in [0.05, 0.1) is 0 Å². The lowest BCUT2D eigenvalue weighted by Crippen LogP contribution is -2.03. The van der Waals surface area contributed by atoms with E-state index in [1.165, 1.54) is 70.0 Å². The van der Waals surface area contributed by atoms with Gasteiger partial charge in [0.2, 0.25) is 0 Å². The third kappa shape index (κ3) is 5.95. The Labute approximate surface area is 94.2 Å². The van der Waals surface area contributed by atoms with Gasteiger partial charge in [-0.3, -0.25) is 0 Å². The molecule has 0 saturated heterocycles. The highest BCUT2D eigenvalue weighted by atomic mass is 32.2. The predicted molar refractivity (Wildman–Crippen MR) is 68.0 cm³/mol. The fourth-order valence-corrected chi connectivity index (χ4v) is 3.04. The van der Waals surface area contributed by atoms with E-state index in [-0.39, 0.29) is 0 Å². The molecular formula is C13H26S. The summed E-state index contributed by atoms with van der Waals surface area (Å²) in [6.45, 7) is 0. The third-order valence-electron chi connectivity index (χ3n) is 3.45. The lowest BCUT2D eigenvalue weighted by Gasteiger charge is -2.17. The standard InChI is InChI=1S/C13H26S/c1-14-12-11-13-9-7-5-3-2-4-6-8-10-13/h13H,2-12H2,1H3. The summed E-state index contributed by atoms with van der Waals surface area (Å²) in [6, 6.07) is 0. The molecule has 0 N–H and O–H groups in total. The van der Waals surface area contributed by atoms with Crippen LogP contribution in [-0.2, 0) is 0 Å². The maximum Gasteiger partial charge on any atom is -0.00677 e. The van der Waals surface area contributed by atoms with E-state index in [1.54, 1.807) is 0 Å². The van der Waals surface area contributed by atoms with E-state index in [2.05, 4.69) is 6.26 Å². The molecule has 14 heavy (non-hydrogen) atoms. The fraction of sp³-hybridized carbons (Fsp3) is 1.00. The minimum atomic E-state index is 1.06. The molecule has 84 valence electrons. The summed E-state index contributed by atoms with van der Waals surface area (Å²) >= 11 is 2.02. The zero-order valence-corrected chi connectivity index (χ0v) is 10.6. The maximum absolute atomic E-state index is 2.24. The van der Waals surface area contributed by atoms with E-state index in [0.29, 0.717) is 0 Å². The Hall–Kier alpha value is 0.350. The molecule has 1 saturated carbocycles. The third-order valence-corrected chi connectivity index (χ3v) is 4.10. The van der Waals surface area contributed by atoms with Crippen molar-refractivity contribution < 1.29 is 0 Å². The molecule has 1 aliphatic rings. The minimum Gasteiger partial charge on any atom is -0.165 e. The van der Waals surface area contributed by atoms with Gasteiger partial charge >= 0.3 is 0 Å². The summed E-state index contributed by atoms with van der Waals surface area (Å²) in [5, 5.41) is 0.